The maximum atomic E-state index is 13.2. The molecule has 6 nitrogen and oxygen atoms in total. The molecule has 160 valence electrons. The first kappa shape index (κ1) is 21.6. The van der Waals surface area contributed by atoms with Crippen LogP contribution in [0.1, 0.15) is 30.4 Å². The van der Waals surface area contributed by atoms with E-state index in [2.05, 4.69) is 6.07 Å². The Morgan fingerprint density at radius 3 is 2.68 bits per heavy atom. The van der Waals surface area contributed by atoms with Crippen LogP contribution in [0.4, 0.5) is 0 Å². The van der Waals surface area contributed by atoms with E-state index in [1.165, 1.54) is 16.7 Å². The molecule has 0 aromatic heterocycles. The molecule has 2 aliphatic rings. The zero-order chi connectivity index (χ0) is 22.2. The van der Waals surface area contributed by atoms with Crippen LogP contribution < -0.4 is 9.47 Å². The van der Waals surface area contributed by atoms with E-state index in [4.69, 9.17) is 21.1 Å². The number of ether oxygens (including phenoxy) is 2. The van der Waals surface area contributed by atoms with Crippen LogP contribution in [0.3, 0.4) is 0 Å². The van der Waals surface area contributed by atoms with Crippen molar-refractivity contribution in [3.63, 3.8) is 0 Å². The minimum absolute atomic E-state index is 0.0694. The first-order valence-electron chi connectivity index (χ1n) is 9.82. The van der Waals surface area contributed by atoms with E-state index in [0.717, 1.165) is 5.56 Å². The fourth-order valence-electron chi connectivity index (χ4n) is 4.02. The van der Waals surface area contributed by atoms with Gasteiger partial charge < -0.3 is 14.6 Å². The number of amides is 1. The van der Waals surface area contributed by atoms with Crippen LogP contribution in [0, 0.1) is 11.3 Å². The van der Waals surface area contributed by atoms with Gasteiger partial charge in [-0.05, 0) is 36.8 Å². The van der Waals surface area contributed by atoms with Crippen molar-refractivity contribution in [1.82, 2.24) is 4.90 Å². The highest BCUT2D eigenvalue weighted by Crippen LogP contribution is 2.52. The summed E-state index contributed by atoms with van der Waals surface area (Å²) in [5, 5.41) is 22.4. The molecule has 1 fully saturated rings. The van der Waals surface area contributed by atoms with Gasteiger partial charge in [-0.15, -0.1) is 11.8 Å². The Bertz CT molecular complexity index is 1100. The normalized spacial score (nSPS) is 22.9. The van der Waals surface area contributed by atoms with Crippen molar-refractivity contribution in [1.29, 1.82) is 5.26 Å². The van der Waals surface area contributed by atoms with Crippen molar-refractivity contribution in [3.05, 3.63) is 69.2 Å². The van der Waals surface area contributed by atoms with E-state index < -0.39 is 11.6 Å². The average Bonchev–Trinajstić information content (AvgIpc) is 3.13. The summed E-state index contributed by atoms with van der Waals surface area (Å²) in [4.78, 5) is 14.6. The van der Waals surface area contributed by atoms with Gasteiger partial charge in [0.1, 0.15) is 0 Å². The third-order valence-corrected chi connectivity index (χ3v) is 6.98. The van der Waals surface area contributed by atoms with Gasteiger partial charge in [0.05, 0.1) is 36.1 Å². The third-order valence-electron chi connectivity index (χ3n) is 5.51. The molecule has 1 amide bonds. The number of fused-ring (bicyclic) bond motifs is 1. The summed E-state index contributed by atoms with van der Waals surface area (Å²) in [7, 11) is 1.55. The molecular weight excluding hydrogens is 436 g/mol. The van der Waals surface area contributed by atoms with Crippen LogP contribution >= 0.6 is 23.4 Å². The van der Waals surface area contributed by atoms with Gasteiger partial charge in [0.15, 0.2) is 17.2 Å². The van der Waals surface area contributed by atoms with E-state index in [1.807, 2.05) is 19.1 Å². The monoisotopic (exact) mass is 456 g/mol. The fraction of sp³-hybridized carbons (Fsp3) is 0.304. The molecule has 0 saturated carbocycles. The van der Waals surface area contributed by atoms with Gasteiger partial charge in [-0.2, -0.15) is 5.26 Å². The summed E-state index contributed by atoms with van der Waals surface area (Å²) < 4.78 is 11.0. The zero-order valence-corrected chi connectivity index (χ0v) is 18.7. The quantitative estimate of drug-likeness (QED) is 0.718. The van der Waals surface area contributed by atoms with Crippen LogP contribution in [0.15, 0.2) is 53.1 Å². The maximum absolute atomic E-state index is 13.2. The van der Waals surface area contributed by atoms with Crippen molar-refractivity contribution in [2.24, 2.45) is 0 Å². The van der Waals surface area contributed by atoms with Crippen molar-refractivity contribution >= 4 is 29.3 Å². The van der Waals surface area contributed by atoms with Gasteiger partial charge in [-0.3, -0.25) is 9.69 Å². The number of rotatable bonds is 5. The summed E-state index contributed by atoms with van der Waals surface area (Å²) in [5.74, 6) is 0.729. The fourth-order valence-corrected chi connectivity index (χ4v) is 5.50. The molecule has 2 aliphatic heterocycles. The SMILES string of the molecule is CCOc1ccc([C@H]2CC(=O)N3C(=C2C#N)SC[C@@]3(O)c2ccc(Cl)cc2)cc1OC. The molecule has 31 heavy (non-hydrogen) atoms. The summed E-state index contributed by atoms with van der Waals surface area (Å²) in [6.07, 6.45) is 0.0694. The lowest BCUT2D eigenvalue weighted by Gasteiger charge is -2.38. The molecule has 0 unspecified atom stereocenters. The molecule has 2 atom stereocenters. The summed E-state index contributed by atoms with van der Waals surface area (Å²) >= 11 is 7.29. The van der Waals surface area contributed by atoms with Crippen molar-refractivity contribution in [2.45, 2.75) is 25.0 Å². The Labute approximate surface area is 190 Å². The van der Waals surface area contributed by atoms with E-state index in [-0.39, 0.29) is 18.1 Å². The topological polar surface area (TPSA) is 82.8 Å². The first-order valence-corrected chi connectivity index (χ1v) is 11.2. The Balaban J connectivity index is 1.76. The second kappa shape index (κ2) is 8.46. The second-order valence-electron chi connectivity index (χ2n) is 7.27. The van der Waals surface area contributed by atoms with Crippen LogP contribution in [0.25, 0.3) is 0 Å². The largest absolute Gasteiger partial charge is 0.493 e. The number of nitriles is 1. The van der Waals surface area contributed by atoms with E-state index in [9.17, 15) is 15.2 Å². The molecule has 4 rings (SSSR count). The van der Waals surface area contributed by atoms with Gasteiger partial charge in [0.25, 0.3) is 0 Å². The Morgan fingerprint density at radius 2 is 2.03 bits per heavy atom. The van der Waals surface area contributed by atoms with Crippen LogP contribution in [0.5, 0.6) is 11.5 Å². The van der Waals surface area contributed by atoms with Crippen LogP contribution in [-0.4, -0.2) is 35.4 Å². The molecule has 1 N–H and O–H groups in total. The molecule has 2 heterocycles. The van der Waals surface area contributed by atoms with E-state index >= 15 is 0 Å². The Hall–Kier alpha value is -2.66. The molecule has 1 saturated heterocycles. The molecular formula is C23H21ClN2O4S. The molecule has 2 aromatic rings. The number of allylic oxidation sites excluding steroid dienone is 1. The third kappa shape index (κ3) is 3.65. The average molecular weight is 457 g/mol. The lowest BCUT2D eigenvalue weighted by Crippen LogP contribution is -2.48. The van der Waals surface area contributed by atoms with E-state index in [0.29, 0.717) is 39.3 Å². The summed E-state index contributed by atoms with van der Waals surface area (Å²) in [5.41, 5.74) is 0.289. The molecule has 8 heteroatoms. The number of benzene rings is 2. The molecule has 0 bridgehead atoms. The van der Waals surface area contributed by atoms with Crippen molar-refractivity contribution in [3.8, 4) is 17.6 Å². The highest BCUT2D eigenvalue weighted by molar-refractivity contribution is 8.03. The lowest BCUT2D eigenvalue weighted by atomic mass is 9.85. The van der Waals surface area contributed by atoms with Crippen molar-refractivity contribution in [2.75, 3.05) is 19.5 Å². The van der Waals surface area contributed by atoms with Gasteiger partial charge in [0.2, 0.25) is 5.91 Å². The van der Waals surface area contributed by atoms with Gasteiger partial charge >= 0.3 is 0 Å². The predicted octanol–water partition coefficient (Wildman–Crippen LogP) is 4.39. The van der Waals surface area contributed by atoms with Gasteiger partial charge in [0, 0.05) is 22.9 Å². The highest BCUT2D eigenvalue weighted by Gasteiger charge is 2.51. The minimum atomic E-state index is -1.52. The number of thioether (sulfide) groups is 1. The number of hydrogen-bond acceptors (Lipinski definition) is 6. The number of hydrogen-bond donors (Lipinski definition) is 1. The lowest BCUT2D eigenvalue weighted by molar-refractivity contribution is -0.149. The molecule has 0 aliphatic carbocycles. The van der Waals surface area contributed by atoms with Crippen LogP contribution in [-0.2, 0) is 10.5 Å². The van der Waals surface area contributed by atoms with Crippen molar-refractivity contribution < 1.29 is 19.4 Å². The minimum Gasteiger partial charge on any atom is -0.493 e. The molecule has 2 aromatic carbocycles. The summed E-state index contributed by atoms with van der Waals surface area (Å²) in [6, 6.07) is 14.5. The van der Waals surface area contributed by atoms with E-state index in [1.54, 1.807) is 37.4 Å². The molecule has 0 spiro atoms. The number of aliphatic hydroxyl groups is 1. The summed E-state index contributed by atoms with van der Waals surface area (Å²) in [6.45, 7) is 2.39. The van der Waals surface area contributed by atoms with Gasteiger partial charge in [-0.1, -0.05) is 29.8 Å². The number of carbonyl (C=O) groups is 1. The smallest absolute Gasteiger partial charge is 0.231 e. The highest BCUT2D eigenvalue weighted by atomic mass is 35.5. The van der Waals surface area contributed by atoms with Crippen LogP contribution in [0.2, 0.25) is 5.02 Å². The number of halogens is 1. The van der Waals surface area contributed by atoms with Gasteiger partial charge in [-0.25, -0.2) is 0 Å². The number of carbonyl (C=O) groups excluding carboxylic acids is 1. The molecule has 0 radical (unpaired) electrons. The standard InChI is InChI=1S/C23H21ClN2O4S/c1-3-30-19-9-4-14(10-20(19)29-2)17-11-21(27)26-22(18(17)12-25)31-13-23(26,28)15-5-7-16(24)8-6-15/h4-10,17,28H,3,11,13H2,1-2H3/t17-,23-/m1/s1. The Morgan fingerprint density at radius 1 is 1.29 bits per heavy atom. The second-order valence-corrected chi connectivity index (χ2v) is 8.67. The maximum Gasteiger partial charge on any atom is 0.231 e. The first-order chi connectivity index (χ1) is 14.9. The Kier molecular flexibility index (Phi) is 5.89. The zero-order valence-electron chi connectivity index (χ0n) is 17.1. The number of nitrogens with zero attached hydrogens (tertiary/aromatic N) is 2. The number of methoxy groups -OCH3 is 1. The predicted molar refractivity (Wildman–Crippen MR) is 119 cm³/mol.